The first-order chi connectivity index (χ1) is 14.8. The van der Waals surface area contributed by atoms with Gasteiger partial charge in [-0.15, -0.1) is 0 Å². The van der Waals surface area contributed by atoms with Gasteiger partial charge in [-0.2, -0.15) is 0 Å². The zero-order valence-corrected chi connectivity index (χ0v) is 18.6. The summed E-state index contributed by atoms with van der Waals surface area (Å²) in [5, 5.41) is 0. The van der Waals surface area contributed by atoms with Crippen LogP contribution < -0.4 is 9.64 Å². The maximum absolute atomic E-state index is 13.3. The summed E-state index contributed by atoms with van der Waals surface area (Å²) in [5.41, 5.74) is 2.02. The van der Waals surface area contributed by atoms with Crippen molar-refractivity contribution in [2.45, 2.75) is 59.2 Å². The van der Waals surface area contributed by atoms with Gasteiger partial charge < -0.3 is 9.64 Å². The van der Waals surface area contributed by atoms with Crippen LogP contribution >= 0.6 is 0 Å². The lowest BCUT2D eigenvalue weighted by molar-refractivity contribution is -0.134. The molecule has 0 N–H and O–H groups in total. The lowest BCUT2D eigenvalue weighted by Gasteiger charge is -2.35. The molecule has 1 aliphatic rings. The van der Waals surface area contributed by atoms with Crippen molar-refractivity contribution in [1.82, 2.24) is 4.90 Å². The van der Waals surface area contributed by atoms with Crippen molar-refractivity contribution in [3.8, 4) is 5.75 Å². The topological polar surface area (TPSA) is 66.9 Å². The second kappa shape index (κ2) is 9.77. The van der Waals surface area contributed by atoms with Gasteiger partial charge in [0, 0.05) is 24.6 Å². The Hall–Kier alpha value is -3.15. The molecule has 2 amide bonds. The van der Waals surface area contributed by atoms with E-state index in [1.54, 1.807) is 30.0 Å². The molecule has 0 radical (unpaired) electrons. The summed E-state index contributed by atoms with van der Waals surface area (Å²) in [6.45, 7) is 7.90. The molecule has 2 aromatic carbocycles. The summed E-state index contributed by atoms with van der Waals surface area (Å²) in [7, 11) is 0. The summed E-state index contributed by atoms with van der Waals surface area (Å²) in [5.74, 6) is 0.0736. The minimum absolute atomic E-state index is 0.00975. The van der Waals surface area contributed by atoms with Gasteiger partial charge in [0.05, 0.1) is 5.69 Å². The smallest absolute Gasteiger partial charge is 0.268 e. The van der Waals surface area contributed by atoms with Crippen molar-refractivity contribution in [1.29, 1.82) is 0 Å². The van der Waals surface area contributed by atoms with Gasteiger partial charge >= 0.3 is 0 Å². The van der Waals surface area contributed by atoms with E-state index in [9.17, 15) is 14.4 Å². The molecule has 6 heteroatoms. The molecular formula is C25H30N2O4. The van der Waals surface area contributed by atoms with E-state index in [1.807, 2.05) is 51.1 Å². The molecular weight excluding hydrogens is 392 g/mol. The van der Waals surface area contributed by atoms with Gasteiger partial charge in [0.25, 0.3) is 5.91 Å². The van der Waals surface area contributed by atoms with Crippen LogP contribution in [-0.4, -0.2) is 41.2 Å². The van der Waals surface area contributed by atoms with Crippen molar-refractivity contribution in [2.24, 2.45) is 0 Å². The molecule has 31 heavy (non-hydrogen) atoms. The number of benzene rings is 2. The first-order valence-electron chi connectivity index (χ1n) is 10.8. The fourth-order valence-electron chi connectivity index (χ4n) is 3.68. The Morgan fingerprint density at radius 2 is 1.84 bits per heavy atom. The largest absolute Gasteiger partial charge is 0.479 e. The minimum Gasteiger partial charge on any atom is -0.479 e. The molecule has 0 bridgehead atoms. The monoisotopic (exact) mass is 422 g/mol. The maximum Gasteiger partial charge on any atom is 0.268 e. The van der Waals surface area contributed by atoms with Crippen LogP contribution in [-0.2, 0) is 16.1 Å². The average molecular weight is 423 g/mol. The van der Waals surface area contributed by atoms with Gasteiger partial charge in [0.15, 0.2) is 11.9 Å². The predicted molar refractivity (Wildman–Crippen MR) is 120 cm³/mol. The Morgan fingerprint density at radius 1 is 1.13 bits per heavy atom. The van der Waals surface area contributed by atoms with Gasteiger partial charge in [0.2, 0.25) is 5.91 Å². The highest BCUT2D eigenvalue weighted by molar-refractivity contribution is 6.05. The van der Waals surface area contributed by atoms with E-state index in [0.717, 1.165) is 12.0 Å². The van der Waals surface area contributed by atoms with E-state index >= 15 is 0 Å². The maximum atomic E-state index is 13.3. The molecule has 0 saturated carbocycles. The lowest BCUT2D eigenvalue weighted by Crippen LogP contribution is -2.50. The second-order valence-electron chi connectivity index (χ2n) is 8.14. The van der Waals surface area contributed by atoms with E-state index in [-0.39, 0.29) is 30.2 Å². The number of carbonyl (C=O) groups excluding carboxylic acids is 3. The molecule has 0 fully saturated rings. The van der Waals surface area contributed by atoms with Crippen LogP contribution in [0, 0.1) is 0 Å². The number of rotatable bonds is 8. The van der Waals surface area contributed by atoms with Crippen LogP contribution in [0.1, 0.15) is 56.5 Å². The molecule has 2 aromatic rings. The predicted octanol–water partition coefficient (Wildman–Crippen LogP) is 4.22. The van der Waals surface area contributed by atoms with Crippen LogP contribution in [0.5, 0.6) is 5.75 Å². The number of nitrogens with zero attached hydrogens (tertiary/aromatic N) is 2. The molecule has 0 saturated heterocycles. The summed E-state index contributed by atoms with van der Waals surface area (Å²) in [6, 6.07) is 14.8. The van der Waals surface area contributed by atoms with Crippen molar-refractivity contribution >= 4 is 23.3 Å². The van der Waals surface area contributed by atoms with E-state index in [1.165, 1.54) is 4.90 Å². The number of ether oxygens (including phenoxy) is 1. The van der Waals surface area contributed by atoms with Gasteiger partial charge in [0.1, 0.15) is 12.3 Å². The molecule has 1 unspecified atom stereocenters. The standard InChI is InChI=1S/C25H30N2O4/c1-5-9-22(28)20-12-13-23-21(14-20)27(25(30)18(4)31-23)16-24(29)26(17(2)3)15-19-10-7-6-8-11-19/h6-8,10-14,17-18H,5,9,15-16H2,1-4H3. The number of fused-ring (bicyclic) bond motifs is 1. The number of ketones is 1. The fourth-order valence-corrected chi connectivity index (χ4v) is 3.68. The summed E-state index contributed by atoms with van der Waals surface area (Å²) in [4.78, 5) is 41.8. The fraction of sp³-hybridized carbons (Fsp3) is 0.400. The molecule has 164 valence electrons. The molecule has 1 aliphatic heterocycles. The van der Waals surface area contributed by atoms with Crippen LogP contribution in [0.3, 0.4) is 0 Å². The first kappa shape index (κ1) is 22.5. The molecule has 1 atom stereocenters. The number of amides is 2. The number of hydrogen-bond acceptors (Lipinski definition) is 4. The van der Waals surface area contributed by atoms with Crippen LogP contribution in [0.4, 0.5) is 5.69 Å². The first-order valence-corrected chi connectivity index (χ1v) is 10.8. The summed E-state index contributed by atoms with van der Waals surface area (Å²) < 4.78 is 5.73. The molecule has 6 nitrogen and oxygen atoms in total. The third-order valence-electron chi connectivity index (χ3n) is 5.40. The highest BCUT2D eigenvalue weighted by Gasteiger charge is 2.34. The Labute approximate surface area is 183 Å². The van der Waals surface area contributed by atoms with Crippen molar-refractivity contribution in [2.75, 3.05) is 11.4 Å². The van der Waals surface area contributed by atoms with Gasteiger partial charge in [-0.05, 0) is 51.0 Å². The Balaban J connectivity index is 1.88. The number of anilines is 1. The van der Waals surface area contributed by atoms with E-state index in [0.29, 0.717) is 30.0 Å². The Bertz CT molecular complexity index is 955. The molecule has 3 rings (SSSR count). The summed E-state index contributed by atoms with van der Waals surface area (Å²) in [6.07, 6.45) is 0.480. The highest BCUT2D eigenvalue weighted by atomic mass is 16.5. The Morgan fingerprint density at radius 3 is 2.48 bits per heavy atom. The average Bonchev–Trinajstić information content (AvgIpc) is 2.75. The van der Waals surface area contributed by atoms with E-state index in [2.05, 4.69) is 0 Å². The van der Waals surface area contributed by atoms with Crippen molar-refractivity contribution in [3.05, 3.63) is 59.7 Å². The van der Waals surface area contributed by atoms with E-state index in [4.69, 9.17) is 4.74 Å². The van der Waals surface area contributed by atoms with Crippen LogP contribution in [0.2, 0.25) is 0 Å². The second-order valence-corrected chi connectivity index (χ2v) is 8.14. The lowest BCUT2D eigenvalue weighted by atomic mass is 10.0. The van der Waals surface area contributed by atoms with Gasteiger partial charge in [-0.25, -0.2) is 0 Å². The number of Topliss-reactive ketones (excluding diaryl/α,β-unsaturated/α-hetero) is 1. The minimum atomic E-state index is -0.695. The molecule has 0 spiro atoms. The van der Waals surface area contributed by atoms with Crippen LogP contribution in [0.25, 0.3) is 0 Å². The van der Waals surface area contributed by atoms with Gasteiger partial charge in [-0.3, -0.25) is 19.3 Å². The highest BCUT2D eigenvalue weighted by Crippen LogP contribution is 2.35. The quantitative estimate of drug-likeness (QED) is 0.598. The van der Waals surface area contributed by atoms with Gasteiger partial charge in [-0.1, -0.05) is 37.3 Å². The zero-order valence-electron chi connectivity index (χ0n) is 18.6. The molecule has 1 heterocycles. The zero-order chi connectivity index (χ0) is 22.5. The van der Waals surface area contributed by atoms with Crippen molar-refractivity contribution in [3.63, 3.8) is 0 Å². The van der Waals surface area contributed by atoms with Crippen molar-refractivity contribution < 1.29 is 19.1 Å². The van der Waals surface area contributed by atoms with E-state index < -0.39 is 6.10 Å². The normalized spacial score (nSPS) is 15.5. The van der Waals surface area contributed by atoms with Crippen LogP contribution in [0.15, 0.2) is 48.5 Å². The SMILES string of the molecule is CCCC(=O)c1ccc2c(c1)N(CC(=O)N(Cc1ccccc1)C(C)C)C(=O)C(C)O2. The third-order valence-corrected chi connectivity index (χ3v) is 5.40. The molecule has 0 aromatic heterocycles. The summed E-state index contributed by atoms with van der Waals surface area (Å²) >= 11 is 0. The Kier molecular flexibility index (Phi) is 7.10. The molecule has 0 aliphatic carbocycles. The number of hydrogen-bond donors (Lipinski definition) is 0. The number of carbonyl (C=O) groups is 3. The third kappa shape index (κ3) is 5.13.